The molecule has 50 valence electrons. The van der Waals surface area contributed by atoms with Gasteiger partial charge in [-0.05, 0) is 7.05 Å². The zero-order valence-electron chi connectivity index (χ0n) is 5.22. The van der Waals surface area contributed by atoms with Crippen molar-refractivity contribution in [1.29, 1.82) is 5.26 Å². The zero-order chi connectivity index (χ0) is 7.28. The van der Waals surface area contributed by atoms with E-state index in [-0.39, 0.29) is 6.42 Å². The number of primary amides is 1. The normalized spacial score (nSPS) is 12.0. The highest BCUT2D eigenvalue weighted by Gasteiger charge is 2.05. The number of carbonyl (C=O) groups excluding carboxylic acids is 1. The lowest BCUT2D eigenvalue weighted by atomic mass is 10.2. The van der Waals surface area contributed by atoms with Gasteiger partial charge in [0.1, 0.15) is 6.04 Å². The Morgan fingerprint density at radius 1 is 2.00 bits per heavy atom. The number of nitrogens with zero attached hydrogens (tertiary/aromatic N) is 1. The van der Waals surface area contributed by atoms with E-state index < -0.39 is 11.9 Å². The van der Waals surface area contributed by atoms with E-state index in [2.05, 4.69) is 5.32 Å². The van der Waals surface area contributed by atoms with Gasteiger partial charge in [0.2, 0.25) is 5.91 Å². The predicted octanol–water partition coefficient (Wildman–Crippen LogP) is -1.03. The molecule has 0 aromatic rings. The van der Waals surface area contributed by atoms with Crippen LogP contribution in [0.25, 0.3) is 0 Å². The Morgan fingerprint density at radius 3 is 2.67 bits per heavy atom. The lowest BCUT2D eigenvalue weighted by Crippen LogP contribution is -2.29. The standard InChI is InChI=1S/C5H9N3O/c1-8-4(3-6)2-5(7)9/h4,8H,2H2,1H3,(H2,7,9). The van der Waals surface area contributed by atoms with Gasteiger partial charge in [-0.2, -0.15) is 5.26 Å². The Hall–Kier alpha value is -1.08. The first-order chi connectivity index (χ1) is 4.20. The number of hydrogen-bond donors (Lipinski definition) is 2. The molecule has 0 saturated carbocycles. The Bertz CT molecular complexity index is 138. The minimum atomic E-state index is -0.462. The molecule has 1 amide bonds. The van der Waals surface area contributed by atoms with E-state index in [1.54, 1.807) is 7.05 Å². The number of nitrogens with one attached hydrogen (secondary N) is 1. The summed E-state index contributed by atoms with van der Waals surface area (Å²) in [5.41, 5.74) is 4.81. The van der Waals surface area contributed by atoms with Crippen molar-refractivity contribution in [3.63, 3.8) is 0 Å². The Kier molecular flexibility index (Phi) is 3.40. The maximum absolute atomic E-state index is 10.2. The van der Waals surface area contributed by atoms with Crippen molar-refractivity contribution in [3.8, 4) is 6.07 Å². The third kappa shape index (κ3) is 3.50. The summed E-state index contributed by atoms with van der Waals surface area (Å²) in [6.07, 6.45) is 0.0764. The van der Waals surface area contributed by atoms with Gasteiger partial charge in [0, 0.05) is 0 Å². The lowest BCUT2D eigenvalue weighted by Gasteiger charge is -2.01. The average Bonchev–Trinajstić information content (AvgIpc) is 1.82. The summed E-state index contributed by atoms with van der Waals surface area (Å²) >= 11 is 0. The summed E-state index contributed by atoms with van der Waals surface area (Å²) in [4.78, 5) is 10.2. The van der Waals surface area contributed by atoms with Crippen molar-refractivity contribution >= 4 is 5.91 Å². The van der Waals surface area contributed by atoms with Gasteiger partial charge in [0.05, 0.1) is 12.5 Å². The summed E-state index contributed by atoms with van der Waals surface area (Å²) in [6, 6.07) is 1.43. The van der Waals surface area contributed by atoms with E-state index in [1.807, 2.05) is 6.07 Å². The molecular formula is C5H9N3O. The average molecular weight is 127 g/mol. The number of hydrogen-bond acceptors (Lipinski definition) is 3. The molecule has 0 spiro atoms. The number of nitriles is 1. The van der Waals surface area contributed by atoms with E-state index >= 15 is 0 Å². The third-order valence-corrected chi connectivity index (χ3v) is 0.910. The molecule has 0 aliphatic carbocycles. The second-order valence-electron chi connectivity index (χ2n) is 1.64. The molecule has 3 N–H and O–H groups in total. The molecule has 0 aliphatic rings. The summed E-state index contributed by atoms with van der Waals surface area (Å²) in [6.45, 7) is 0. The molecule has 4 nitrogen and oxygen atoms in total. The van der Waals surface area contributed by atoms with Gasteiger partial charge in [-0.25, -0.2) is 0 Å². The smallest absolute Gasteiger partial charge is 0.220 e. The van der Waals surface area contributed by atoms with Crippen LogP contribution in [0.4, 0.5) is 0 Å². The van der Waals surface area contributed by atoms with E-state index in [1.165, 1.54) is 0 Å². The van der Waals surface area contributed by atoms with Crippen LogP contribution in [0.1, 0.15) is 6.42 Å². The molecule has 4 heteroatoms. The number of rotatable bonds is 3. The maximum Gasteiger partial charge on any atom is 0.220 e. The van der Waals surface area contributed by atoms with Gasteiger partial charge in [0.25, 0.3) is 0 Å². The Morgan fingerprint density at radius 2 is 2.56 bits per heavy atom. The monoisotopic (exact) mass is 127 g/mol. The molecule has 0 rings (SSSR count). The minimum Gasteiger partial charge on any atom is -0.370 e. The molecule has 0 radical (unpaired) electrons. The van der Waals surface area contributed by atoms with E-state index in [9.17, 15) is 4.79 Å². The number of amides is 1. The van der Waals surface area contributed by atoms with Crippen LogP contribution in [0.2, 0.25) is 0 Å². The van der Waals surface area contributed by atoms with Crippen LogP contribution in [0.5, 0.6) is 0 Å². The fraction of sp³-hybridized carbons (Fsp3) is 0.600. The Balaban J connectivity index is 3.60. The summed E-state index contributed by atoms with van der Waals surface area (Å²) in [5, 5.41) is 10.9. The molecule has 0 aliphatic heterocycles. The van der Waals surface area contributed by atoms with E-state index in [4.69, 9.17) is 11.0 Å². The second-order valence-corrected chi connectivity index (χ2v) is 1.64. The van der Waals surface area contributed by atoms with Gasteiger partial charge >= 0.3 is 0 Å². The van der Waals surface area contributed by atoms with Gasteiger partial charge in [0.15, 0.2) is 0 Å². The van der Waals surface area contributed by atoms with Crippen molar-refractivity contribution in [2.24, 2.45) is 5.73 Å². The first-order valence-corrected chi connectivity index (χ1v) is 2.56. The molecule has 1 unspecified atom stereocenters. The van der Waals surface area contributed by atoms with Crippen LogP contribution in [-0.4, -0.2) is 19.0 Å². The van der Waals surface area contributed by atoms with Crippen molar-refractivity contribution < 1.29 is 4.79 Å². The van der Waals surface area contributed by atoms with Crippen molar-refractivity contribution in [3.05, 3.63) is 0 Å². The van der Waals surface area contributed by atoms with Gasteiger partial charge in [-0.3, -0.25) is 4.79 Å². The highest BCUT2D eigenvalue weighted by atomic mass is 16.1. The van der Waals surface area contributed by atoms with E-state index in [0.717, 1.165) is 0 Å². The predicted molar refractivity (Wildman–Crippen MR) is 32.3 cm³/mol. The SMILES string of the molecule is CNC(C#N)CC(N)=O. The van der Waals surface area contributed by atoms with Crippen molar-refractivity contribution in [2.75, 3.05) is 7.05 Å². The first kappa shape index (κ1) is 7.92. The second kappa shape index (κ2) is 3.87. The molecule has 0 aromatic heterocycles. The van der Waals surface area contributed by atoms with Gasteiger partial charge in [-0.15, -0.1) is 0 Å². The molecular weight excluding hydrogens is 118 g/mol. The molecule has 9 heavy (non-hydrogen) atoms. The number of nitrogens with two attached hydrogens (primary N) is 1. The summed E-state index contributed by atoms with van der Waals surface area (Å²) < 4.78 is 0. The number of carbonyl (C=O) groups is 1. The highest BCUT2D eigenvalue weighted by Crippen LogP contribution is 1.85. The largest absolute Gasteiger partial charge is 0.370 e. The van der Waals surface area contributed by atoms with Crippen LogP contribution in [0.15, 0.2) is 0 Å². The van der Waals surface area contributed by atoms with Gasteiger partial charge < -0.3 is 11.1 Å². The van der Waals surface area contributed by atoms with Crippen molar-refractivity contribution in [2.45, 2.75) is 12.5 Å². The summed E-state index contributed by atoms with van der Waals surface area (Å²) in [5.74, 6) is -0.462. The lowest BCUT2D eigenvalue weighted by molar-refractivity contribution is -0.118. The quantitative estimate of drug-likeness (QED) is 0.509. The first-order valence-electron chi connectivity index (χ1n) is 2.56. The molecule has 0 aromatic carbocycles. The van der Waals surface area contributed by atoms with Crippen LogP contribution < -0.4 is 11.1 Å². The summed E-state index contributed by atoms with van der Waals surface area (Å²) in [7, 11) is 1.61. The minimum absolute atomic E-state index is 0.0764. The molecule has 0 heterocycles. The molecule has 0 bridgehead atoms. The van der Waals surface area contributed by atoms with Crippen LogP contribution in [-0.2, 0) is 4.79 Å². The fourth-order valence-corrected chi connectivity index (χ4v) is 0.413. The van der Waals surface area contributed by atoms with E-state index in [0.29, 0.717) is 0 Å². The maximum atomic E-state index is 10.2. The Labute approximate surface area is 53.6 Å². The van der Waals surface area contributed by atoms with Crippen molar-refractivity contribution in [1.82, 2.24) is 5.32 Å². The third-order valence-electron chi connectivity index (χ3n) is 0.910. The van der Waals surface area contributed by atoms with Crippen LogP contribution >= 0.6 is 0 Å². The zero-order valence-corrected chi connectivity index (χ0v) is 5.22. The molecule has 0 fully saturated rings. The molecule has 1 atom stereocenters. The van der Waals surface area contributed by atoms with Gasteiger partial charge in [-0.1, -0.05) is 0 Å². The molecule has 0 saturated heterocycles. The fourth-order valence-electron chi connectivity index (χ4n) is 0.413. The van der Waals surface area contributed by atoms with Crippen LogP contribution in [0.3, 0.4) is 0 Å². The highest BCUT2D eigenvalue weighted by molar-refractivity contribution is 5.74. The topological polar surface area (TPSA) is 78.9 Å². The van der Waals surface area contributed by atoms with Crippen LogP contribution in [0, 0.1) is 11.3 Å².